The molecule has 0 bridgehead atoms. The molecule has 0 heterocycles. The third kappa shape index (κ3) is 2.82. The predicted molar refractivity (Wildman–Crippen MR) is 102 cm³/mol. The van der Waals surface area contributed by atoms with Gasteiger partial charge in [0.25, 0.3) is 0 Å². The molecule has 1 saturated carbocycles. The van der Waals surface area contributed by atoms with Crippen molar-refractivity contribution < 1.29 is 9.47 Å². The van der Waals surface area contributed by atoms with Crippen LogP contribution >= 0.6 is 0 Å². The van der Waals surface area contributed by atoms with Crippen molar-refractivity contribution in [2.24, 2.45) is 5.92 Å². The molecule has 4 rings (SSSR count). The Morgan fingerprint density at radius 2 is 1.48 bits per heavy atom. The highest BCUT2D eigenvalue weighted by molar-refractivity contribution is 5.46. The van der Waals surface area contributed by atoms with Gasteiger partial charge >= 0.3 is 0 Å². The normalized spacial score (nSPS) is 28.0. The Bertz CT molecular complexity index is 734. The zero-order valence-corrected chi connectivity index (χ0v) is 15.5. The van der Waals surface area contributed by atoms with Crippen LogP contribution in [0.1, 0.15) is 67.1 Å². The van der Waals surface area contributed by atoms with Crippen molar-refractivity contribution in [1.82, 2.24) is 0 Å². The maximum absolute atomic E-state index is 5.52. The fourth-order valence-electron chi connectivity index (χ4n) is 5.32. The van der Waals surface area contributed by atoms with E-state index in [0.717, 1.165) is 17.4 Å². The van der Waals surface area contributed by atoms with E-state index in [1.165, 1.54) is 36.8 Å². The minimum Gasteiger partial charge on any atom is -0.497 e. The molecule has 1 fully saturated rings. The molecule has 0 aromatic heterocycles. The summed E-state index contributed by atoms with van der Waals surface area (Å²) in [4.78, 5) is 0. The highest BCUT2D eigenvalue weighted by Crippen LogP contribution is 2.56. The molecule has 0 N–H and O–H groups in total. The van der Waals surface area contributed by atoms with Gasteiger partial charge in [-0.25, -0.2) is 0 Å². The summed E-state index contributed by atoms with van der Waals surface area (Å²) >= 11 is 0. The number of ether oxygens (including phenoxy) is 2. The van der Waals surface area contributed by atoms with Gasteiger partial charge in [-0.1, -0.05) is 38.0 Å². The second kappa shape index (κ2) is 6.74. The summed E-state index contributed by atoms with van der Waals surface area (Å²) in [5.74, 6) is 4.47. The van der Waals surface area contributed by atoms with Gasteiger partial charge in [0, 0.05) is 0 Å². The maximum Gasteiger partial charge on any atom is 0.119 e. The molecule has 0 spiro atoms. The molecule has 0 aliphatic heterocycles. The molecule has 2 aromatic carbocycles. The Hall–Kier alpha value is -1.96. The van der Waals surface area contributed by atoms with E-state index in [1.807, 2.05) is 0 Å². The largest absolute Gasteiger partial charge is 0.497 e. The Kier molecular flexibility index (Phi) is 4.45. The lowest BCUT2D eigenvalue weighted by atomic mass is 9.58. The molecule has 132 valence electrons. The zero-order chi connectivity index (χ0) is 17.4. The molecule has 2 aliphatic carbocycles. The quantitative estimate of drug-likeness (QED) is 0.697. The Morgan fingerprint density at radius 3 is 2.20 bits per heavy atom. The van der Waals surface area contributed by atoms with Crippen molar-refractivity contribution in [3.63, 3.8) is 0 Å². The minimum absolute atomic E-state index is 0.536. The van der Waals surface area contributed by atoms with E-state index >= 15 is 0 Å². The highest BCUT2D eigenvalue weighted by atomic mass is 16.5. The average molecular weight is 336 g/mol. The second-order valence-corrected chi connectivity index (χ2v) is 7.64. The Morgan fingerprint density at radius 1 is 0.800 bits per heavy atom. The number of fused-ring (bicyclic) bond motifs is 3. The first-order valence-corrected chi connectivity index (χ1v) is 9.54. The van der Waals surface area contributed by atoms with Crippen LogP contribution in [-0.2, 0) is 0 Å². The maximum atomic E-state index is 5.52. The summed E-state index contributed by atoms with van der Waals surface area (Å²) in [6, 6.07) is 15.5. The van der Waals surface area contributed by atoms with Gasteiger partial charge in [0.05, 0.1) is 14.2 Å². The molecular formula is C23H28O2. The van der Waals surface area contributed by atoms with E-state index < -0.39 is 0 Å². The molecule has 4 atom stereocenters. The van der Waals surface area contributed by atoms with Gasteiger partial charge in [-0.15, -0.1) is 0 Å². The first-order valence-electron chi connectivity index (χ1n) is 9.54. The van der Waals surface area contributed by atoms with Gasteiger partial charge in [0.15, 0.2) is 0 Å². The Labute approximate surface area is 151 Å². The first kappa shape index (κ1) is 16.5. The summed E-state index contributed by atoms with van der Waals surface area (Å²) in [6.07, 6.45) is 5.36. The molecule has 2 aliphatic rings. The predicted octanol–water partition coefficient (Wildman–Crippen LogP) is 5.88. The fourth-order valence-corrected chi connectivity index (χ4v) is 5.32. The molecule has 0 saturated heterocycles. The lowest BCUT2D eigenvalue weighted by molar-refractivity contribution is 0.222. The minimum atomic E-state index is 0.536. The molecule has 0 unspecified atom stereocenters. The summed E-state index contributed by atoms with van der Waals surface area (Å²) in [6.45, 7) is 2.41. The number of hydrogen-bond donors (Lipinski definition) is 0. The monoisotopic (exact) mass is 336 g/mol. The van der Waals surface area contributed by atoms with E-state index in [0.29, 0.717) is 17.8 Å². The van der Waals surface area contributed by atoms with Crippen LogP contribution in [0.4, 0.5) is 0 Å². The van der Waals surface area contributed by atoms with Crippen LogP contribution < -0.4 is 9.47 Å². The van der Waals surface area contributed by atoms with Crippen LogP contribution in [-0.4, -0.2) is 14.2 Å². The average Bonchev–Trinajstić information content (AvgIpc) is 2.68. The van der Waals surface area contributed by atoms with Crippen molar-refractivity contribution in [3.05, 3.63) is 59.2 Å². The summed E-state index contributed by atoms with van der Waals surface area (Å²) in [5.41, 5.74) is 4.53. The third-order valence-electron chi connectivity index (χ3n) is 6.50. The van der Waals surface area contributed by atoms with Crippen LogP contribution in [0.25, 0.3) is 0 Å². The van der Waals surface area contributed by atoms with Crippen molar-refractivity contribution in [3.8, 4) is 11.5 Å². The van der Waals surface area contributed by atoms with Gasteiger partial charge in [0.2, 0.25) is 0 Å². The zero-order valence-electron chi connectivity index (χ0n) is 15.5. The third-order valence-corrected chi connectivity index (χ3v) is 6.50. The smallest absolute Gasteiger partial charge is 0.119 e. The van der Waals surface area contributed by atoms with Crippen molar-refractivity contribution in [1.29, 1.82) is 0 Å². The number of methoxy groups -OCH3 is 2. The van der Waals surface area contributed by atoms with Crippen molar-refractivity contribution in [2.75, 3.05) is 14.2 Å². The molecule has 0 radical (unpaired) electrons. The van der Waals surface area contributed by atoms with E-state index in [2.05, 4.69) is 49.4 Å². The lowest BCUT2D eigenvalue weighted by Crippen LogP contribution is -2.33. The fraction of sp³-hybridized carbons (Fsp3) is 0.478. The van der Waals surface area contributed by atoms with Crippen molar-refractivity contribution >= 4 is 0 Å². The van der Waals surface area contributed by atoms with E-state index in [4.69, 9.17) is 9.47 Å². The molecular weight excluding hydrogens is 308 g/mol. The lowest BCUT2D eigenvalue weighted by Gasteiger charge is -2.46. The molecule has 0 amide bonds. The molecule has 2 nitrogen and oxygen atoms in total. The standard InChI is InChI=1S/C23H28O2/c1-15-19-13-12-18(25-3)14-22(19)20-6-4-5-7-21(20)23(15)16-8-10-17(24-2)11-9-16/h8-15,20-21,23H,4-7H2,1-3H3/t15-,20+,21-,23-/m0/s1. The van der Waals surface area contributed by atoms with Crippen LogP contribution in [0.15, 0.2) is 42.5 Å². The highest BCUT2D eigenvalue weighted by Gasteiger charge is 2.42. The van der Waals surface area contributed by atoms with Gasteiger partial charge in [-0.05, 0) is 77.5 Å². The van der Waals surface area contributed by atoms with E-state index in [9.17, 15) is 0 Å². The SMILES string of the molecule is COc1ccc([C@H]2[C@H]3CCCC[C@H]3c3cc(OC)ccc3[C@@H]2C)cc1. The van der Waals surface area contributed by atoms with Gasteiger partial charge in [-0.2, -0.15) is 0 Å². The second-order valence-electron chi connectivity index (χ2n) is 7.64. The van der Waals surface area contributed by atoms with Crippen LogP contribution in [0.2, 0.25) is 0 Å². The summed E-state index contributed by atoms with van der Waals surface area (Å²) < 4.78 is 10.9. The number of rotatable bonds is 3. The molecule has 2 aromatic rings. The van der Waals surface area contributed by atoms with Crippen molar-refractivity contribution in [2.45, 2.75) is 50.4 Å². The van der Waals surface area contributed by atoms with E-state index in [1.54, 1.807) is 19.8 Å². The Balaban J connectivity index is 1.78. The molecule has 2 heteroatoms. The molecule has 25 heavy (non-hydrogen) atoms. The summed E-state index contributed by atoms with van der Waals surface area (Å²) in [5, 5.41) is 0. The first-order chi connectivity index (χ1) is 12.2. The van der Waals surface area contributed by atoms with Crippen LogP contribution in [0, 0.1) is 5.92 Å². The van der Waals surface area contributed by atoms with Gasteiger partial charge in [0.1, 0.15) is 11.5 Å². The summed E-state index contributed by atoms with van der Waals surface area (Å²) in [7, 11) is 3.51. The van der Waals surface area contributed by atoms with Gasteiger partial charge < -0.3 is 9.47 Å². The number of benzene rings is 2. The van der Waals surface area contributed by atoms with Crippen LogP contribution in [0.3, 0.4) is 0 Å². The topological polar surface area (TPSA) is 18.5 Å². The van der Waals surface area contributed by atoms with E-state index in [-0.39, 0.29) is 0 Å². The number of hydrogen-bond acceptors (Lipinski definition) is 2. The van der Waals surface area contributed by atoms with Gasteiger partial charge in [-0.3, -0.25) is 0 Å². The van der Waals surface area contributed by atoms with Crippen LogP contribution in [0.5, 0.6) is 11.5 Å².